The topological polar surface area (TPSA) is 85.3 Å². The van der Waals surface area contributed by atoms with Crippen LogP contribution in [0.25, 0.3) is 10.8 Å². The maximum absolute atomic E-state index is 13.5. The molecule has 32 heavy (non-hydrogen) atoms. The Morgan fingerprint density at radius 2 is 1.78 bits per heavy atom. The summed E-state index contributed by atoms with van der Waals surface area (Å²) in [7, 11) is 1.60. The van der Waals surface area contributed by atoms with Crippen molar-refractivity contribution in [3.05, 3.63) is 101 Å². The van der Waals surface area contributed by atoms with Crippen molar-refractivity contribution in [1.29, 1.82) is 5.26 Å². The molecule has 5 nitrogen and oxygen atoms in total. The summed E-state index contributed by atoms with van der Waals surface area (Å²) in [5.41, 5.74) is 8.92. The van der Waals surface area contributed by atoms with Crippen molar-refractivity contribution in [3.63, 3.8) is 0 Å². The van der Waals surface area contributed by atoms with Crippen molar-refractivity contribution in [2.75, 3.05) is 7.11 Å². The van der Waals surface area contributed by atoms with E-state index < -0.39 is 5.92 Å². The maximum Gasteiger partial charge on any atom is 0.205 e. The first-order valence-corrected chi connectivity index (χ1v) is 10.6. The normalized spacial score (nSPS) is 20.6. The van der Waals surface area contributed by atoms with E-state index >= 15 is 0 Å². The van der Waals surface area contributed by atoms with Gasteiger partial charge in [0.2, 0.25) is 5.88 Å². The number of rotatable bonds is 3. The van der Waals surface area contributed by atoms with Crippen LogP contribution in [0.2, 0.25) is 0 Å². The molecule has 5 heteroatoms. The summed E-state index contributed by atoms with van der Waals surface area (Å²) in [5.74, 6) is 0.785. The van der Waals surface area contributed by atoms with E-state index in [2.05, 4.69) is 30.3 Å². The van der Waals surface area contributed by atoms with Crippen molar-refractivity contribution in [2.24, 2.45) is 5.73 Å². The summed E-state index contributed by atoms with van der Waals surface area (Å²) in [4.78, 5) is 13.5. The number of ketones is 1. The lowest BCUT2D eigenvalue weighted by molar-refractivity contribution is -0.117. The Hall–Kier alpha value is -4.04. The zero-order valence-corrected chi connectivity index (χ0v) is 17.7. The molecule has 0 bridgehead atoms. The van der Waals surface area contributed by atoms with Gasteiger partial charge in [-0.3, -0.25) is 4.79 Å². The molecule has 158 valence electrons. The second-order valence-corrected chi connectivity index (χ2v) is 8.13. The molecule has 2 atom stereocenters. The maximum atomic E-state index is 13.5. The van der Waals surface area contributed by atoms with Crippen LogP contribution in [-0.4, -0.2) is 12.9 Å². The molecule has 3 aromatic carbocycles. The van der Waals surface area contributed by atoms with E-state index in [0.717, 1.165) is 21.9 Å². The second kappa shape index (κ2) is 7.90. The average Bonchev–Trinajstić information content (AvgIpc) is 2.82. The largest absolute Gasteiger partial charge is 0.497 e. The van der Waals surface area contributed by atoms with E-state index in [1.807, 2.05) is 42.5 Å². The summed E-state index contributed by atoms with van der Waals surface area (Å²) in [6, 6.07) is 23.9. The number of benzene rings is 3. The van der Waals surface area contributed by atoms with Crippen LogP contribution in [-0.2, 0) is 9.53 Å². The number of carbonyl (C=O) groups is 1. The molecular weight excluding hydrogens is 400 g/mol. The van der Waals surface area contributed by atoms with Crippen LogP contribution in [0, 0.1) is 11.3 Å². The fourth-order valence-corrected chi connectivity index (χ4v) is 4.86. The molecule has 2 aliphatic rings. The third kappa shape index (κ3) is 3.21. The number of nitrogens with two attached hydrogens (primary N) is 1. The minimum atomic E-state index is -0.532. The van der Waals surface area contributed by atoms with Crippen LogP contribution < -0.4 is 10.5 Å². The number of nitriles is 1. The summed E-state index contributed by atoms with van der Waals surface area (Å²) in [6.45, 7) is 0. The van der Waals surface area contributed by atoms with E-state index in [1.54, 1.807) is 7.11 Å². The number of Topliss-reactive ketones (excluding diaryl/α,β-unsaturated/α-hetero) is 1. The van der Waals surface area contributed by atoms with E-state index in [-0.39, 0.29) is 23.2 Å². The average molecular weight is 422 g/mol. The highest BCUT2D eigenvalue weighted by Gasteiger charge is 2.41. The van der Waals surface area contributed by atoms with Crippen molar-refractivity contribution >= 4 is 16.6 Å². The Balaban J connectivity index is 1.59. The zero-order valence-electron chi connectivity index (χ0n) is 17.7. The van der Waals surface area contributed by atoms with Gasteiger partial charge in [0.25, 0.3) is 0 Å². The molecule has 0 saturated heterocycles. The van der Waals surface area contributed by atoms with Gasteiger partial charge < -0.3 is 15.2 Å². The highest BCUT2D eigenvalue weighted by atomic mass is 16.5. The predicted octanol–water partition coefficient (Wildman–Crippen LogP) is 5.06. The van der Waals surface area contributed by atoms with Crippen LogP contribution in [0.4, 0.5) is 0 Å². The molecule has 3 aromatic rings. The molecule has 1 unspecified atom stereocenters. The first kappa shape index (κ1) is 19.9. The van der Waals surface area contributed by atoms with Crippen LogP contribution in [0.1, 0.15) is 35.8 Å². The quantitative estimate of drug-likeness (QED) is 0.638. The van der Waals surface area contributed by atoms with E-state index in [9.17, 15) is 10.1 Å². The number of allylic oxidation sites excluding steroid dienone is 3. The number of methoxy groups -OCH3 is 1. The molecule has 0 saturated carbocycles. The molecule has 2 N–H and O–H groups in total. The van der Waals surface area contributed by atoms with Gasteiger partial charge in [0.15, 0.2) is 5.78 Å². The molecule has 0 fully saturated rings. The van der Waals surface area contributed by atoms with Crippen molar-refractivity contribution in [2.45, 2.75) is 24.7 Å². The fourth-order valence-electron chi connectivity index (χ4n) is 4.86. The van der Waals surface area contributed by atoms with E-state index in [1.165, 1.54) is 0 Å². The Kier molecular flexibility index (Phi) is 4.91. The van der Waals surface area contributed by atoms with E-state index in [0.29, 0.717) is 29.9 Å². The molecule has 5 rings (SSSR count). The lowest BCUT2D eigenvalue weighted by Crippen LogP contribution is -2.29. The van der Waals surface area contributed by atoms with Gasteiger partial charge in [0, 0.05) is 18.4 Å². The molecule has 1 aliphatic carbocycles. The second-order valence-electron chi connectivity index (χ2n) is 8.13. The third-order valence-corrected chi connectivity index (χ3v) is 6.37. The molecule has 0 aromatic heterocycles. The molecular formula is C27H22N2O3. The first-order valence-electron chi connectivity index (χ1n) is 10.6. The van der Waals surface area contributed by atoms with E-state index in [4.69, 9.17) is 15.2 Å². The van der Waals surface area contributed by atoms with Crippen LogP contribution in [0.3, 0.4) is 0 Å². The lowest BCUT2D eigenvalue weighted by Gasteiger charge is -2.34. The van der Waals surface area contributed by atoms with Gasteiger partial charge in [-0.15, -0.1) is 0 Å². The van der Waals surface area contributed by atoms with Gasteiger partial charge in [0.05, 0.1) is 13.0 Å². The fraction of sp³-hybridized carbons (Fsp3) is 0.185. The number of ether oxygens (including phenoxy) is 2. The van der Waals surface area contributed by atoms with Gasteiger partial charge >= 0.3 is 0 Å². The van der Waals surface area contributed by atoms with Gasteiger partial charge in [-0.1, -0.05) is 54.6 Å². The zero-order chi connectivity index (χ0) is 22.2. The lowest BCUT2D eigenvalue weighted by atomic mass is 9.73. The Labute approximate surface area is 186 Å². The van der Waals surface area contributed by atoms with Gasteiger partial charge in [-0.25, -0.2) is 0 Å². The molecule has 0 radical (unpaired) electrons. The minimum absolute atomic E-state index is 0.00903. The van der Waals surface area contributed by atoms with Gasteiger partial charge in [-0.05, 0) is 39.9 Å². The Morgan fingerprint density at radius 1 is 1.03 bits per heavy atom. The number of hydrogen-bond donors (Lipinski definition) is 1. The smallest absolute Gasteiger partial charge is 0.205 e. The summed E-state index contributed by atoms with van der Waals surface area (Å²) < 4.78 is 11.1. The highest BCUT2D eigenvalue weighted by Crippen LogP contribution is 2.47. The van der Waals surface area contributed by atoms with Crippen molar-refractivity contribution < 1.29 is 14.3 Å². The number of fused-ring (bicyclic) bond motifs is 1. The molecule has 1 aliphatic heterocycles. The highest BCUT2D eigenvalue weighted by molar-refractivity contribution is 6.00. The molecule has 0 amide bonds. The summed E-state index contributed by atoms with van der Waals surface area (Å²) in [6.07, 6.45) is 0.919. The van der Waals surface area contributed by atoms with Gasteiger partial charge in [0.1, 0.15) is 23.2 Å². The Morgan fingerprint density at radius 3 is 2.53 bits per heavy atom. The predicted molar refractivity (Wildman–Crippen MR) is 122 cm³/mol. The van der Waals surface area contributed by atoms with Gasteiger partial charge in [-0.2, -0.15) is 5.26 Å². The summed E-state index contributed by atoms with van der Waals surface area (Å²) >= 11 is 0. The monoisotopic (exact) mass is 422 g/mol. The SMILES string of the molecule is COc1ccc(C2C(C#N)=C(N)OC3=C2C(=O)C[C@@H](c2cccc4ccccc24)C3)cc1. The Bertz CT molecular complexity index is 1320. The number of nitrogens with zero attached hydrogens (tertiary/aromatic N) is 1. The summed E-state index contributed by atoms with van der Waals surface area (Å²) in [5, 5.41) is 12.1. The number of hydrogen-bond acceptors (Lipinski definition) is 5. The van der Waals surface area contributed by atoms with Crippen LogP contribution >= 0.6 is 0 Å². The standard InChI is InChI=1S/C27H22N2O3/c1-31-19-11-9-17(10-12-19)25-22(15-28)27(29)32-24-14-18(13-23(30)26(24)25)21-8-4-6-16-5-2-3-7-20(16)21/h2-12,18,25H,13-14,29H2,1H3/t18-,25?/m1/s1. The van der Waals surface area contributed by atoms with Crippen LogP contribution in [0.15, 0.2) is 89.5 Å². The molecule has 1 heterocycles. The molecule has 0 spiro atoms. The van der Waals surface area contributed by atoms with Crippen molar-refractivity contribution in [1.82, 2.24) is 0 Å². The minimum Gasteiger partial charge on any atom is -0.497 e. The third-order valence-electron chi connectivity index (χ3n) is 6.37. The first-order chi connectivity index (χ1) is 15.6. The van der Waals surface area contributed by atoms with Crippen LogP contribution in [0.5, 0.6) is 5.75 Å². The van der Waals surface area contributed by atoms with Crippen molar-refractivity contribution in [3.8, 4) is 11.8 Å². The number of carbonyl (C=O) groups excluding carboxylic acids is 1.